The van der Waals surface area contributed by atoms with Crippen molar-refractivity contribution in [1.82, 2.24) is 0 Å². The fourth-order valence-corrected chi connectivity index (χ4v) is 5.72. The summed E-state index contributed by atoms with van der Waals surface area (Å²) in [6.45, 7) is 1.88. The lowest BCUT2D eigenvalue weighted by Crippen LogP contribution is -1.99. The third-order valence-electron chi connectivity index (χ3n) is 8.22. The molecule has 0 saturated heterocycles. The van der Waals surface area contributed by atoms with Crippen LogP contribution in [0, 0.1) is 0 Å². The zero-order valence-corrected chi connectivity index (χ0v) is 26.0. The molecule has 0 atom stereocenters. The highest BCUT2D eigenvalue weighted by molar-refractivity contribution is 5.87. The van der Waals surface area contributed by atoms with Crippen molar-refractivity contribution in [3.8, 4) is 22.3 Å². The molecule has 0 aromatic heterocycles. The molecule has 0 fully saturated rings. The van der Waals surface area contributed by atoms with Crippen LogP contribution in [0.15, 0.2) is 138 Å². The maximum atomic E-state index is 6.49. The predicted octanol–water partition coefficient (Wildman–Crippen LogP) is 10.2. The molecule has 0 amide bonds. The van der Waals surface area contributed by atoms with Crippen molar-refractivity contribution in [2.45, 2.75) is 19.8 Å². The monoisotopic (exact) mass is 598 g/mol. The van der Waals surface area contributed by atoms with Crippen LogP contribution in [-0.2, 0) is 12.8 Å². The van der Waals surface area contributed by atoms with E-state index in [0.29, 0.717) is 17.1 Å². The molecule has 0 saturated carbocycles. The Bertz CT molecular complexity index is 2100. The largest absolute Gasteiger partial charge is 0.397 e. The molecule has 0 spiro atoms. The fourth-order valence-electron chi connectivity index (χ4n) is 5.72. The number of aliphatic imine (C=N–C) groups is 1. The summed E-state index contributed by atoms with van der Waals surface area (Å²) in [7, 11) is 0. The van der Waals surface area contributed by atoms with E-state index in [-0.39, 0.29) is 0 Å². The number of anilines is 3. The van der Waals surface area contributed by atoms with Crippen LogP contribution in [-0.4, -0.2) is 6.21 Å². The third kappa shape index (κ3) is 6.92. The number of nitrogens with zero attached hydrogens (tertiary/aromatic N) is 1. The van der Waals surface area contributed by atoms with E-state index in [1.807, 2.05) is 37.3 Å². The van der Waals surface area contributed by atoms with Crippen molar-refractivity contribution in [1.29, 1.82) is 0 Å². The number of rotatable bonds is 9. The topological polar surface area (TPSA) is 90.4 Å². The van der Waals surface area contributed by atoms with Gasteiger partial charge in [0.1, 0.15) is 0 Å². The minimum Gasteiger partial charge on any atom is -0.397 e. The molecule has 4 nitrogen and oxygen atoms in total. The Kier molecular flexibility index (Phi) is 9.07. The Morgan fingerprint density at radius 3 is 1.65 bits per heavy atom. The summed E-state index contributed by atoms with van der Waals surface area (Å²) >= 11 is 0. The van der Waals surface area contributed by atoms with Gasteiger partial charge >= 0.3 is 0 Å². The number of nitrogen functional groups attached to an aromatic ring is 3. The van der Waals surface area contributed by atoms with E-state index in [2.05, 4.69) is 120 Å². The molecule has 46 heavy (non-hydrogen) atoms. The van der Waals surface area contributed by atoms with Crippen molar-refractivity contribution in [2.24, 2.45) is 4.99 Å². The zero-order chi connectivity index (χ0) is 31.9. The van der Waals surface area contributed by atoms with Gasteiger partial charge in [0.05, 0.1) is 22.7 Å². The quantitative estimate of drug-likeness (QED) is 0.114. The van der Waals surface area contributed by atoms with Crippen molar-refractivity contribution in [2.75, 3.05) is 17.2 Å². The minimum absolute atomic E-state index is 0.593. The molecular formula is C42H38N4. The lowest BCUT2D eigenvalue weighted by Gasteiger charge is -2.09. The normalized spacial score (nSPS) is 11.8. The van der Waals surface area contributed by atoms with Gasteiger partial charge in [-0.3, -0.25) is 4.99 Å². The van der Waals surface area contributed by atoms with Gasteiger partial charge in [0.25, 0.3) is 0 Å². The Labute approximate surface area is 271 Å². The minimum atomic E-state index is 0.593. The van der Waals surface area contributed by atoms with Crippen LogP contribution in [0.5, 0.6) is 0 Å². The van der Waals surface area contributed by atoms with Crippen molar-refractivity contribution >= 4 is 51.9 Å². The highest BCUT2D eigenvalue weighted by Gasteiger charge is 2.06. The van der Waals surface area contributed by atoms with Gasteiger partial charge in [0, 0.05) is 6.21 Å². The first kappa shape index (κ1) is 30.2. The smallest absolute Gasteiger partial charge is 0.0855 e. The van der Waals surface area contributed by atoms with Crippen LogP contribution < -0.4 is 17.2 Å². The van der Waals surface area contributed by atoms with Crippen LogP contribution in [0.3, 0.4) is 0 Å². The zero-order valence-electron chi connectivity index (χ0n) is 26.0. The van der Waals surface area contributed by atoms with E-state index in [0.717, 1.165) is 40.8 Å². The summed E-state index contributed by atoms with van der Waals surface area (Å²) < 4.78 is 0. The second kappa shape index (κ2) is 13.8. The molecule has 0 aliphatic heterocycles. The lowest BCUT2D eigenvalue weighted by molar-refractivity contribution is 1.28. The van der Waals surface area contributed by atoms with Crippen molar-refractivity contribution < 1.29 is 0 Å². The van der Waals surface area contributed by atoms with Crippen LogP contribution in [0.4, 0.5) is 22.7 Å². The van der Waals surface area contributed by atoms with E-state index < -0.39 is 0 Å². The fraction of sp³-hybridized carbons (Fsp3) is 0.0714. The van der Waals surface area contributed by atoms with E-state index in [4.69, 9.17) is 17.2 Å². The summed E-state index contributed by atoms with van der Waals surface area (Å²) in [6, 6.07) is 42.3. The Hall–Kier alpha value is -5.87. The molecule has 4 heteroatoms. The average Bonchev–Trinajstić information content (AvgIpc) is 3.08. The molecule has 0 unspecified atom stereocenters. The molecular weight excluding hydrogens is 560 g/mol. The summed E-state index contributed by atoms with van der Waals surface area (Å²) in [6.07, 6.45) is 11.7. The summed E-state index contributed by atoms with van der Waals surface area (Å²) in [5.74, 6) is 0. The molecule has 6 N–H and O–H groups in total. The molecule has 0 bridgehead atoms. The Morgan fingerprint density at radius 2 is 1.07 bits per heavy atom. The second-order valence-corrected chi connectivity index (χ2v) is 11.4. The van der Waals surface area contributed by atoms with Gasteiger partial charge in [-0.1, -0.05) is 127 Å². The third-order valence-corrected chi connectivity index (χ3v) is 8.22. The number of allylic oxidation sites excluding steroid dienone is 2. The van der Waals surface area contributed by atoms with Gasteiger partial charge in [-0.25, -0.2) is 0 Å². The van der Waals surface area contributed by atoms with E-state index >= 15 is 0 Å². The van der Waals surface area contributed by atoms with E-state index in [1.54, 1.807) is 6.21 Å². The summed E-state index contributed by atoms with van der Waals surface area (Å²) in [5, 5.41) is 2.50. The molecule has 0 aliphatic carbocycles. The highest BCUT2D eigenvalue weighted by Crippen LogP contribution is 2.30. The number of benzene rings is 6. The first-order valence-corrected chi connectivity index (χ1v) is 15.5. The molecule has 6 rings (SSSR count). The number of nitrogens with two attached hydrogens (primary N) is 3. The summed E-state index contributed by atoms with van der Waals surface area (Å²) in [5.41, 5.74) is 30.7. The average molecular weight is 599 g/mol. The first-order valence-electron chi connectivity index (χ1n) is 15.5. The maximum absolute atomic E-state index is 6.49. The van der Waals surface area contributed by atoms with E-state index in [1.165, 1.54) is 33.0 Å². The maximum Gasteiger partial charge on any atom is 0.0855 e. The van der Waals surface area contributed by atoms with Crippen LogP contribution >= 0.6 is 0 Å². The van der Waals surface area contributed by atoms with Gasteiger partial charge in [0.15, 0.2) is 0 Å². The van der Waals surface area contributed by atoms with Gasteiger partial charge in [-0.15, -0.1) is 0 Å². The number of hydrogen-bond acceptors (Lipinski definition) is 4. The molecule has 0 heterocycles. The summed E-state index contributed by atoms with van der Waals surface area (Å²) in [4.78, 5) is 4.31. The van der Waals surface area contributed by atoms with E-state index in [9.17, 15) is 0 Å². The van der Waals surface area contributed by atoms with Crippen LogP contribution in [0.1, 0.15) is 29.2 Å². The standard InChI is InChI=1S/C42H38N4/c1-2-46-40-24-23-38(28-39(40)43)35-18-8-12-30(26-35)10-6-16-33-21-20-32(41(44)42(33)45)15-5-9-29-11-7-17-34(25-29)37-22-19-31-13-3-4-14-36(31)27-37/h2-8,11-28H,9-10,43-45H2,1H3/b15-5-,16-6-,46-2?. The van der Waals surface area contributed by atoms with Gasteiger partial charge in [-0.05, 0) is 93.2 Å². The SMILES string of the molecule is CC=Nc1ccc(-c2cccc(C/C=C\c3ccc(/C=C\Cc4cccc(-c5ccc6ccccc6c5)c4)c(N)c3N)c2)cc1N. The molecule has 226 valence electrons. The molecule has 6 aromatic carbocycles. The Balaban J connectivity index is 1.10. The van der Waals surface area contributed by atoms with Crippen molar-refractivity contribution in [3.05, 3.63) is 156 Å². The van der Waals surface area contributed by atoms with Crippen LogP contribution in [0.25, 0.3) is 45.2 Å². The first-order chi connectivity index (χ1) is 22.5. The number of fused-ring (bicyclic) bond motifs is 1. The van der Waals surface area contributed by atoms with Gasteiger partial charge in [0.2, 0.25) is 0 Å². The van der Waals surface area contributed by atoms with Gasteiger partial charge < -0.3 is 17.2 Å². The molecule has 6 aromatic rings. The predicted molar refractivity (Wildman–Crippen MR) is 200 cm³/mol. The van der Waals surface area contributed by atoms with Crippen LogP contribution in [0.2, 0.25) is 0 Å². The molecule has 0 radical (unpaired) electrons. The lowest BCUT2D eigenvalue weighted by atomic mass is 9.98. The molecule has 0 aliphatic rings. The number of hydrogen-bond donors (Lipinski definition) is 3. The highest BCUT2D eigenvalue weighted by atomic mass is 14.8. The Morgan fingerprint density at radius 1 is 0.522 bits per heavy atom. The second-order valence-electron chi connectivity index (χ2n) is 11.4. The van der Waals surface area contributed by atoms with Gasteiger partial charge in [-0.2, -0.15) is 0 Å². The van der Waals surface area contributed by atoms with Crippen molar-refractivity contribution in [3.63, 3.8) is 0 Å².